The topological polar surface area (TPSA) is 26.3 Å². The molecule has 0 atom stereocenters. The maximum atomic E-state index is 9.67. The van der Waals surface area contributed by atoms with Gasteiger partial charge in [0.15, 0.2) is 0 Å². The van der Waals surface area contributed by atoms with Crippen LogP contribution in [0.3, 0.4) is 0 Å². The van der Waals surface area contributed by atoms with Crippen molar-refractivity contribution in [3.63, 3.8) is 0 Å². The number of hydrogen-bond acceptors (Lipinski definition) is 2. The fourth-order valence-corrected chi connectivity index (χ4v) is 14.0. The van der Waals surface area contributed by atoms with E-state index in [1.54, 1.807) is 48.5 Å². The number of benzene rings is 17. The molecule has 0 aliphatic heterocycles. The van der Waals surface area contributed by atoms with Crippen molar-refractivity contribution < 1.29 is 30.8 Å². The third-order valence-corrected chi connectivity index (χ3v) is 18.2. The summed E-state index contributed by atoms with van der Waals surface area (Å²) in [5, 5.41) is 4.09. The number of para-hydroxylation sites is 2. The predicted molar refractivity (Wildman–Crippen MR) is 406 cm³/mol. The number of rotatable bonds is 9. The second-order valence-electron chi connectivity index (χ2n) is 23.6. The molecular weight excluding hydrogens is 1160 g/mol. The van der Waals surface area contributed by atoms with E-state index in [4.69, 9.17) is 19.8 Å². The van der Waals surface area contributed by atoms with Crippen LogP contribution in [-0.2, 0) is 0 Å². The molecule has 0 saturated heterocycles. The highest BCUT2D eigenvalue weighted by Gasteiger charge is 2.27. The van der Waals surface area contributed by atoms with E-state index in [9.17, 15) is 11.0 Å². The third-order valence-electron chi connectivity index (χ3n) is 18.2. The van der Waals surface area contributed by atoms with Crippen LogP contribution in [0, 0.1) is 0 Å². The lowest BCUT2D eigenvalue weighted by Crippen LogP contribution is -1.94. The lowest BCUT2D eigenvalue weighted by atomic mass is 9.81. The molecule has 2 heterocycles. The van der Waals surface area contributed by atoms with Gasteiger partial charge in [0.05, 0.1) is 21.9 Å². The Kier molecular flexibility index (Phi) is 10.4. The van der Waals surface area contributed by atoms with Crippen LogP contribution in [-0.4, -0.2) is 0 Å². The summed E-state index contributed by atoms with van der Waals surface area (Å²) in [4.78, 5) is 0. The Hall–Kier alpha value is -12.6. The van der Waals surface area contributed by atoms with Gasteiger partial charge < -0.3 is 8.83 Å². The molecule has 0 spiro atoms. The molecule has 19 aromatic rings. The van der Waals surface area contributed by atoms with Crippen molar-refractivity contribution >= 4 is 87.0 Å². The minimum absolute atomic E-state index is 0.147. The maximum absolute atomic E-state index is 9.67. The van der Waals surface area contributed by atoms with E-state index in [1.165, 1.54) is 0 Å². The second kappa shape index (κ2) is 23.8. The zero-order valence-electron chi connectivity index (χ0n) is 67.2. The summed E-state index contributed by atoms with van der Waals surface area (Å²) in [5.74, 6) is 0. The first-order chi connectivity index (χ1) is 54.3. The van der Waals surface area contributed by atoms with Crippen molar-refractivity contribution in [3.05, 3.63) is 364 Å². The van der Waals surface area contributed by atoms with E-state index in [0.717, 1.165) is 55.3 Å². The highest BCUT2D eigenvalue weighted by Crippen LogP contribution is 2.53. The highest BCUT2D eigenvalue weighted by atomic mass is 16.3. The standard InChI is InChI=1S/C50H32O.C44H28O/c1-4-16-33(17-5-1)36-30-37(34-18-6-2-7-19-34)32-38(31-36)39-28-29-46-49(44-26-14-15-27-45(44)51-46)50(39)48-42-24-12-10-22-40(42)47(35-20-8-3-9-21-35)41-23-11-13-25-43(41)48;1-3-14-29(15-4-1)31-18-13-19-32(28-31)33-26-27-40-43(38-24-11-12-25-39(38)45-40)44(33)42-36-22-9-7-20-34(36)41(30-16-5-2-6-17-30)35-21-8-10-23-37(35)42/h1-32H;1-28H/i10D,11D,12D,13D,22D,23D,24D,25D;7D,8D,9D,10D,20D,21D,22D,23D. The summed E-state index contributed by atoms with van der Waals surface area (Å²) in [6.07, 6.45) is 0. The van der Waals surface area contributed by atoms with E-state index in [-0.39, 0.29) is 103 Å². The summed E-state index contributed by atoms with van der Waals surface area (Å²) in [6, 6.07) is 79.3. The summed E-state index contributed by atoms with van der Waals surface area (Å²) in [5.41, 5.74) is 14.5. The van der Waals surface area contributed by atoms with E-state index in [2.05, 4.69) is 48.5 Å². The minimum atomic E-state index is -0.453. The van der Waals surface area contributed by atoms with E-state index < -0.39 is 48.3 Å². The first-order valence-corrected chi connectivity index (χ1v) is 31.6. The molecule has 2 heteroatoms. The Balaban J connectivity index is 0.000000157. The second-order valence-corrected chi connectivity index (χ2v) is 23.6. The number of fused-ring (bicyclic) bond motifs is 10. The lowest BCUT2D eigenvalue weighted by Gasteiger charge is -2.21. The van der Waals surface area contributed by atoms with Gasteiger partial charge in [-0.2, -0.15) is 0 Å². The van der Waals surface area contributed by atoms with Gasteiger partial charge >= 0.3 is 0 Å². The summed E-state index contributed by atoms with van der Waals surface area (Å²) in [7, 11) is 0. The molecule has 0 N–H and O–H groups in total. The number of furan rings is 2. The molecule has 2 nitrogen and oxygen atoms in total. The highest BCUT2D eigenvalue weighted by molar-refractivity contribution is 6.30. The molecule has 2 aromatic heterocycles. The zero-order valence-corrected chi connectivity index (χ0v) is 51.2. The van der Waals surface area contributed by atoms with Crippen molar-refractivity contribution in [3.8, 4) is 100 Å². The van der Waals surface area contributed by atoms with Crippen molar-refractivity contribution in [2.75, 3.05) is 0 Å². The average Bonchev–Trinajstić information content (AvgIpc) is 0.956. The Morgan fingerprint density at radius 3 is 0.844 bits per heavy atom. The summed E-state index contributed by atoms with van der Waals surface area (Å²) < 4.78 is 160. The Bertz CT molecular complexity index is 6950. The first-order valence-electron chi connectivity index (χ1n) is 39.6. The molecular formula is C94H60O2. The number of hydrogen-bond donors (Lipinski definition) is 0. The third kappa shape index (κ3) is 9.65. The zero-order chi connectivity index (χ0) is 77.4. The molecule has 0 aliphatic carbocycles. The normalized spacial score (nSPS) is 13.9. The van der Waals surface area contributed by atoms with Crippen molar-refractivity contribution in [1.29, 1.82) is 0 Å². The maximum Gasteiger partial charge on any atom is 0.136 e. The van der Waals surface area contributed by atoms with Gasteiger partial charge in [-0.25, -0.2) is 0 Å². The van der Waals surface area contributed by atoms with Gasteiger partial charge in [0.25, 0.3) is 0 Å². The Labute approximate surface area is 579 Å². The van der Waals surface area contributed by atoms with Gasteiger partial charge in [-0.3, -0.25) is 0 Å². The van der Waals surface area contributed by atoms with Crippen molar-refractivity contribution in [2.45, 2.75) is 0 Å². The fourth-order valence-electron chi connectivity index (χ4n) is 14.0. The van der Waals surface area contributed by atoms with Crippen LogP contribution in [0.1, 0.15) is 21.9 Å². The van der Waals surface area contributed by atoms with E-state index in [1.807, 2.05) is 170 Å². The molecule has 17 aromatic carbocycles. The molecule has 448 valence electrons. The Morgan fingerprint density at radius 1 is 0.177 bits per heavy atom. The molecule has 0 unspecified atom stereocenters. The van der Waals surface area contributed by atoms with Crippen LogP contribution in [0.2, 0.25) is 0 Å². The van der Waals surface area contributed by atoms with Gasteiger partial charge in [0, 0.05) is 32.7 Å². The smallest absolute Gasteiger partial charge is 0.136 e. The summed E-state index contributed by atoms with van der Waals surface area (Å²) >= 11 is 0. The van der Waals surface area contributed by atoms with Crippen LogP contribution in [0.4, 0.5) is 0 Å². The van der Waals surface area contributed by atoms with Gasteiger partial charge in [0.1, 0.15) is 22.3 Å². The van der Waals surface area contributed by atoms with Crippen LogP contribution >= 0.6 is 0 Å². The van der Waals surface area contributed by atoms with Crippen molar-refractivity contribution in [1.82, 2.24) is 0 Å². The molecule has 0 radical (unpaired) electrons. The van der Waals surface area contributed by atoms with Gasteiger partial charge in [-0.1, -0.05) is 315 Å². The molecule has 19 rings (SSSR count). The van der Waals surface area contributed by atoms with E-state index >= 15 is 0 Å². The van der Waals surface area contributed by atoms with Gasteiger partial charge in [0.2, 0.25) is 0 Å². The molecule has 96 heavy (non-hydrogen) atoms. The van der Waals surface area contributed by atoms with Crippen LogP contribution in [0.15, 0.2) is 372 Å². The SMILES string of the molecule is [2H]c1c([2H])c([2H])c2c(-c3c(-c4cc(-c5ccccc5)cc(-c5ccccc5)c4)ccc4oc5ccccc5c34)c3c([2H])c([2H])c([2H])c([2H])c3c(-c3ccccc3)c2c1[2H].[2H]c1c([2H])c([2H])c2c(-c3c(-c4cccc(-c5ccccc5)c4)ccc4oc5ccccc5c34)c3c([2H])c([2H])c([2H])c([2H])c3c(-c3ccccc3)c2c1[2H]. The monoisotopic (exact) mass is 1240 g/mol. The van der Waals surface area contributed by atoms with Crippen LogP contribution < -0.4 is 0 Å². The molecule has 0 bridgehead atoms. The fraction of sp³-hybridized carbons (Fsp3) is 0. The summed E-state index contributed by atoms with van der Waals surface area (Å²) in [6.45, 7) is 0. The van der Waals surface area contributed by atoms with Gasteiger partial charge in [-0.05, 0) is 181 Å². The molecule has 0 saturated carbocycles. The molecule has 0 fully saturated rings. The van der Waals surface area contributed by atoms with Crippen LogP contribution in [0.5, 0.6) is 0 Å². The lowest BCUT2D eigenvalue weighted by molar-refractivity contribution is 0.668. The average molecular weight is 1240 g/mol. The quantitative estimate of drug-likeness (QED) is 0.135. The predicted octanol–water partition coefficient (Wildman–Crippen LogP) is 26.8. The largest absolute Gasteiger partial charge is 0.456 e. The first kappa shape index (κ1) is 41.8. The van der Waals surface area contributed by atoms with Crippen molar-refractivity contribution in [2.24, 2.45) is 0 Å². The Morgan fingerprint density at radius 2 is 0.458 bits per heavy atom. The van der Waals surface area contributed by atoms with E-state index in [0.29, 0.717) is 77.6 Å². The van der Waals surface area contributed by atoms with Crippen LogP contribution in [0.25, 0.3) is 187 Å². The van der Waals surface area contributed by atoms with Gasteiger partial charge in [-0.15, -0.1) is 0 Å². The molecule has 0 aliphatic rings. The minimum Gasteiger partial charge on any atom is -0.456 e. The molecule has 0 amide bonds.